The summed E-state index contributed by atoms with van der Waals surface area (Å²) in [6, 6.07) is 34.3. The molecular weight excluding hydrogens is 328 g/mol. The van der Waals surface area contributed by atoms with E-state index in [0.717, 1.165) is 0 Å². The standard InChI is InChI=1S/C25H20N2/c1-27(20-7-3-2-4-8-20)21-14-11-18(12-15-21)19-13-16-25-23(17-19)22-9-5-6-10-24(22)26-25/h2-17,26H,1H3. The number of nitrogens with zero attached hydrogens (tertiary/aromatic N) is 1. The average Bonchev–Trinajstić information content (AvgIpc) is 3.12. The van der Waals surface area contributed by atoms with E-state index in [4.69, 9.17) is 0 Å². The zero-order valence-corrected chi connectivity index (χ0v) is 15.2. The highest BCUT2D eigenvalue weighted by molar-refractivity contribution is 6.08. The van der Waals surface area contributed by atoms with Gasteiger partial charge in [0.2, 0.25) is 0 Å². The van der Waals surface area contributed by atoms with Crippen LogP contribution in [-0.2, 0) is 0 Å². The molecule has 0 fully saturated rings. The number of nitrogens with one attached hydrogen (secondary N) is 1. The predicted octanol–water partition coefficient (Wildman–Crippen LogP) is 6.76. The maximum Gasteiger partial charge on any atom is 0.0465 e. The maximum absolute atomic E-state index is 3.49. The van der Waals surface area contributed by atoms with Crippen LogP contribution in [0.4, 0.5) is 11.4 Å². The number of H-pyrrole nitrogens is 1. The minimum absolute atomic E-state index is 1.18. The van der Waals surface area contributed by atoms with Gasteiger partial charge < -0.3 is 9.88 Å². The second-order valence-electron chi connectivity index (χ2n) is 6.87. The summed E-state index contributed by atoms with van der Waals surface area (Å²) in [5.41, 5.74) is 7.20. The van der Waals surface area contributed by atoms with Gasteiger partial charge in [-0.3, -0.25) is 0 Å². The molecule has 1 N–H and O–H groups in total. The topological polar surface area (TPSA) is 19.0 Å². The summed E-state index contributed by atoms with van der Waals surface area (Å²) in [7, 11) is 2.10. The van der Waals surface area contributed by atoms with Gasteiger partial charge in [0, 0.05) is 40.2 Å². The summed E-state index contributed by atoms with van der Waals surface area (Å²) in [4.78, 5) is 5.69. The molecule has 0 radical (unpaired) electrons. The van der Waals surface area contributed by atoms with E-state index in [1.807, 2.05) is 6.07 Å². The second kappa shape index (κ2) is 6.33. The highest BCUT2D eigenvalue weighted by atomic mass is 15.1. The Bertz CT molecular complexity index is 1220. The summed E-state index contributed by atoms with van der Waals surface area (Å²) in [6.07, 6.45) is 0. The molecule has 0 saturated heterocycles. The van der Waals surface area contributed by atoms with Crippen molar-refractivity contribution in [3.8, 4) is 11.1 Å². The van der Waals surface area contributed by atoms with Crippen LogP contribution in [0.15, 0.2) is 97.1 Å². The van der Waals surface area contributed by atoms with E-state index >= 15 is 0 Å². The van der Waals surface area contributed by atoms with Gasteiger partial charge in [-0.25, -0.2) is 0 Å². The van der Waals surface area contributed by atoms with Crippen LogP contribution in [0.2, 0.25) is 0 Å². The first-order valence-corrected chi connectivity index (χ1v) is 9.19. The van der Waals surface area contributed by atoms with E-state index in [9.17, 15) is 0 Å². The summed E-state index contributed by atoms with van der Waals surface area (Å²) in [5, 5.41) is 2.54. The van der Waals surface area contributed by atoms with Crippen molar-refractivity contribution in [2.75, 3.05) is 11.9 Å². The van der Waals surface area contributed by atoms with Gasteiger partial charge in [-0.1, -0.05) is 54.6 Å². The zero-order valence-electron chi connectivity index (χ0n) is 15.2. The fraction of sp³-hybridized carbons (Fsp3) is 0.0400. The molecule has 0 aliphatic carbocycles. The Morgan fingerprint density at radius 1 is 0.556 bits per heavy atom. The van der Waals surface area contributed by atoms with E-state index in [0.29, 0.717) is 0 Å². The molecule has 0 atom stereocenters. The monoisotopic (exact) mass is 348 g/mol. The van der Waals surface area contributed by atoms with Crippen LogP contribution in [0.25, 0.3) is 32.9 Å². The Balaban J connectivity index is 1.52. The largest absolute Gasteiger partial charge is 0.355 e. The minimum Gasteiger partial charge on any atom is -0.355 e. The average molecular weight is 348 g/mol. The molecule has 5 aromatic rings. The number of aromatic amines is 1. The predicted molar refractivity (Wildman–Crippen MR) is 116 cm³/mol. The van der Waals surface area contributed by atoms with Gasteiger partial charge in [0.15, 0.2) is 0 Å². The van der Waals surface area contributed by atoms with E-state index in [1.54, 1.807) is 0 Å². The number of benzene rings is 4. The molecule has 0 aliphatic heterocycles. The van der Waals surface area contributed by atoms with Crippen molar-refractivity contribution < 1.29 is 0 Å². The first kappa shape index (κ1) is 15.7. The Morgan fingerprint density at radius 3 is 2.00 bits per heavy atom. The number of anilines is 2. The maximum atomic E-state index is 3.49. The molecule has 0 bridgehead atoms. The number of hydrogen-bond donors (Lipinski definition) is 1. The van der Waals surface area contributed by atoms with Gasteiger partial charge in [0.1, 0.15) is 0 Å². The van der Waals surface area contributed by atoms with Crippen molar-refractivity contribution in [2.45, 2.75) is 0 Å². The van der Waals surface area contributed by atoms with Gasteiger partial charge in [-0.2, -0.15) is 0 Å². The number of fused-ring (bicyclic) bond motifs is 3. The summed E-state index contributed by atoms with van der Waals surface area (Å²) in [5.74, 6) is 0. The Labute approximate surface area is 158 Å². The Kier molecular flexibility index (Phi) is 3.68. The van der Waals surface area contributed by atoms with Crippen LogP contribution in [0.5, 0.6) is 0 Å². The van der Waals surface area contributed by atoms with Gasteiger partial charge in [0.05, 0.1) is 0 Å². The second-order valence-corrected chi connectivity index (χ2v) is 6.87. The molecule has 2 nitrogen and oxygen atoms in total. The highest BCUT2D eigenvalue weighted by Gasteiger charge is 2.07. The van der Waals surface area contributed by atoms with Crippen LogP contribution in [-0.4, -0.2) is 12.0 Å². The van der Waals surface area contributed by atoms with E-state index in [-0.39, 0.29) is 0 Å². The molecule has 1 aromatic heterocycles. The van der Waals surface area contributed by atoms with Crippen LogP contribution in [0.1, 0.15) is 0 Å². The molecule has 0 saturated carbocycles. The quantitative estimate of drug-likeness (QED) is 0.382. The van der Waals surface area contributed by atoms with Crippen LogP contribution < -0.4 is 4.90 Å². The molecule has 0 spiro atoms. The molecule has 5 rings (SSSR count). The number of para-hydroxylation sites is 2. The van der Waals surface area contributed by atoms with Gasteiger partial charge in [0.25, 0.3) is 0 Å². The van der Waals surface area contributed by atoms with Crippen LogP contribution in [0, 0.1) is 0 Å². The fourth-order valence-corrected chi connectivity index (χ4v) is 3.71. The molecule has 0 unspecified atom stereocenters. The highest BCUT2D eigenvalue weighted by Crippen LogP contribution is 2.31. The Hall–Kier alpha value is -3.52. The lowest BCUT2D eigenvalue weighted by Gasteiger charge is -2.19. The molecule has 130 valence electrons. The third kappa shape index (κ3) is 2.76. The third-order valence-electron chi connectivity index (χ3n) is 5.24. The van der Waals surface area contributed by atoms with Gasteiger partial charge in [-0.05, 0) is 53.6 Å². The summed E-state index contributed by atoms with van der Waals surface area (Å²) < 4.78 is 0. The normalized spacial score (nSPS) is 11.1. The summed E-state index contributed by atoms with van der Waals surface area (Å²) in [6.45, 7) is 0. The first-order chi connectivity index (χ1) is 13.3. The molecule has 0 amide bonds. The lowest BCUT2D eigenvalue weighted by molar-refractivity contribution is 1.21. The zero-order chi connectivity index (χ0) is 18.2. The van der Waals surface area contributed by atoms with Crippen molar-refractivity contribution in [2.24, 2.45) is 0 Å². The molecule has 0 aliphatic rings. The Morgan fingerprint density at radius 2 is 1.19 bits per heavy atom. The third-order valence-corrected chi connectivity index (χ3v) is 5.24. The van der Waals surface area contributed by atoms with E-state index in [1.165, 1.54) is 44.3 Å². The van der Waals surface area contributed by atoms with Crippen molar-refractivity contribution >= 4 is 33.2 Å². The molecule has 1 heterocycles. The van der Waals surface area contributed by atoms with Crippen LogP contribution >= 0.6 is 0 Å². The SMILES string of the molecule is CN(c1ccccc1)c1ccc(-c2ccc3[nH]c4ccccc4c3c2)cc1. The molecule has 2 heteroatoms. The smallest absolute Gasteiger partial charge is 0.0465 e. The molecule has 4 aromatic carbocycles. The van der Waals surface area contributed by atoms with Crippen LogP contribution in [0.3, 0.4) is 0 Å². The summed E-state index contributed by atoms with van der Waals surface area (Å²) >= 11 is 0. The molecule has 27 heavy (non-hydrogen) atoms. The minimum atomic E-state index is 1.18. The number of rotatable bonds is 3. The lowest BCUT2D eigenvalue weighted by atomic mass is 10.0. The van der Waals surface area contributed by atoms with Crippen molar-refractivity contribution in [1.29, 1.82) is 0 Å². The number of aromatic nitrogens is 1. The van der Waals surface area contributed by atoms with Gasteiger partial charge >= 0.3 is 0 Å². The first-order valence-electron chi connectivity index (χ1n) is 9.19. The molecular formula is C25H20N2. The van der Waals surface area contributed by atoms with Crippen molar-refractivity contribution in [1.82, 2.24) is 4.98 Å². The van der Waals surface area contributed by atoms with E-state index < -0.39 is 0 Å². The van der Waals surface area contributed by atoms with E-state index in [2.05, 4.69) is 108 Å². The fourth-order valence-electron chi connectivity index (χ4n) is 3.71. The number of hydrogen-bond acceptors (Lipinski definition) is 1. The van der Waals surface area contributed by atoms with Crippen molar-refractivity contribution in [3.05, 3.63) is 97.1 Å². The van der Waals surface area contributed by atoms with Gasteiger partial charge in [-0.15, -0.1) is 0 Å². The van der Waals surface area contributed by atoms with Crippen molar-refractivity contribution in [3.63, 3.8) is 0 Å². The lowest BCUT2D eigenvalue weighted by Crippen LogP contribution is -2.08.